The van der Waals surface area contributed by atoms with E-state index in [2.05, 4.69) is 85.7 Å². The van der Waals surface area contributed by atoms with Gasteiger partial charge in [0.2, 0.25) is 5.52 Å². The molecule has 0 unspecified atom stereocenters. The van der Waals surface area contributed by atoms with Crippen molar-refractivity contribution in [1.82, 2.24) is 0 Å². The highest BCUT2D eigenvalue weighted by Crippen LogP contribution is 2.46. The number of methoxy groups -OCH3 is 1. The molecule has 158 valence electrons. The van der Waals surface area contributed by atoms with Crippen molar-refractivity contribution in [3.8, 4) is 0 Å². The van der Waals surface area contributed by atoms with Crippen LogP contribution in [-0.2, 0) is 11.3 Å². The lowest BCUT2D eigenvalue weighted by Gasteiger charge is -2.18. The highest BCUT2D eigenvalue weighted by Gasteiger charge is 2.25. The molecule has 0 aliphatic carbocycles. The Balaban J connectivity index is 0.00000256. The summed E-state index contributed by atoms with van der Waals surface area (Å²) in [6.07, 6.45) is 4.33. The molecule has 0 fully saturated rings. The maximum absolute atomic E-state index is 5.79. The minimum Gasteiger partial charge on any atom is -1.00 e. The molecule has 1 aliphatic rings. The van der Waals surface area contributed by atoms with E-state index >= 15 is 0 Å². The van der Waals surface area contributed by atoms with Crippen molar-refractivity contribution in [2.45, 2.75) is 39.1 Å². The van der Waals surface area contributed by atoms with E-state index in [0.29, 0.717) is 0 Å². The Labute approximate surface area is 204 Å². The minimum absolute atomic E-state index is 0. The molecular weight excluding hydrogens is 523 g/mol. The number of hydrogen-bond donors (Lipinski definition) is 0. The predicted octanol–water partition coefficient (Wildman–Crippen LogP) is 3.29. The summed E-state index contributed by atoms with van der Waals surface area (Å²) in [6, 6.07) is 13.3. The van der Waals surface area contributed by atoms with Crippen LogP contribution in [-0.4, -0.2) is 13.7 Å². The minimum atomic E-state index is 0. The topological polar surface area (TPSA) is 16.4 Å². The quantitative estimate of drug-likeness (QED) is 0.276. The van der Waals surface area contributed by atoms with Crippen LogP contribution < -0.4 is 33.4 Å². The van der Waals surface area contributed by atoms with Gasteiger partial charge in [0.15, 0.2) is 0 Å². The third-order valence-corrected chi connectivity index (χ3v) is 7.36. The van der Waals surface area contributed by atoms with Gasteiger partial charge in [0.1, 0.15) is 17.0 Å². The Kier molecular flexibility index (Phi) is 7.52. The molecule has 0 saturated carbocycles. The van der Waals surface area contributed by atoms with E-state index in [1.807, 2.05) is 23.1 Å². The van der Waals surface area contributed by atoms with Gasteiger partial charge in [-0.25, -0.2) is 0 Å². The van der Waals surface area contributed by atoms with Gasteiger partial charge in [0.05, 0.1) is 23.9 Å². The van der Waals surface area contributed by atoms with Crippen LogP contribution >= 0.6 is 23.1 Å². The normalized spacial score (nSPS) is 14.9. The van der Waals surface area contributed by atoms with Gasteiger partial charge in [-0.1, -0.05) is 35.2 Å². The zero-order valence-corrected chi connectivity index (χ0v) is 21.8. The second-order valence-corrected chi connectivity index (χ2v) is 9.33. The summed E-state index contributed by atoms with van der Waals surface area (Å²) in [5.41, 5.74) is 5.15. The number of allylic oxidation sites excluding steroid dienone is 1. The summed E-state index contributed by atoms with van der Waals surface area (Å²) in [5, 5.41) is 2.42. The van der Waals surface area contributed by atoms with Gasteiger partial charge >= 0.3 is 0 Å². The van der Waals surface area contributed by atoms with Crippen LogP contribution in [0.5, 0.6) is 0 Å². The lowest BCUT2D eigenvalue weighted by molar-refractivity contribution is -0.665. The van der Waals surface area contributed by atoms with Crippen LogP contribution in [0.15, 0.2) is 58.2 Å². The fourth-order valence-electron chi connectivity index (χ4n) is 3.70. The average Bonchev–Trinajstić information content (AvgIpc) is 3.22. The van der Waals surface area contributed by atoms with Crippen LogP contribution in [0.1, 0.15) is 30.0 Å². The van der Waals surface area contributed by atoms with E-state index in [0.717, 1.165) is 18.8 Å². The molecule has 0 N–H and O–H groups in total. The van der Waals surface area contributed by atoms with E-state index in [9.17, 15) is 0 Å². The first-order valence-corrected chi connectivity index (χ1v) is 11.6. The van der Waals surface area contributed by atoms with Crippen LogP contribution in [0.4, 0.5) is 5.69 Å². The van der Waals surface area contributed by atoms with Gasteiger partial charge in [-0.2, -0.15) is 4.57 Å². The van der Waals surface area contributed by atoms with E-state index < -0.39 is 0 Å². The third-order valence-electron chi connectivity index (χ3n) is 5.17. The first-order chi connectivity index (χ1) is 14.0. The van der Waals surface area contributed by atoms with Crippen molar-refractivity contribution in [3.05, 3.63) is 69.4 Å². The third kappa shape index (κ3) is 4.41. The van der Waals surface area contributed by atoms with Crippen LogP contribution in [0.2, 0.25) is 0 Å². The van der Waals surface area contributed by atoms with Crippen LogP contribution in [0, 0.1) is 13.8 Å². The average molecular weight is 551 g/mol. The summed E-state index contributed by atoms with van der Waals surface area (Å²) in [7, 11) is 1.75. The number of thiazole rings is 1. The van der Waals surface area contributed by atoms with Crippen molar-refractivity contribution < 1.29 is 33.3 Å². The zero-order chi connectivity index (χ0) is 20.5. The largest absolute Gasteiger partial charge is 1.00 e. The van der Waals surface area contributed by atoms with Crippen molar-refractivity contribution in [3.63, 3.8) is 0 Å². The van der Waals surface area contributed by atoms with Gasteiger partial charge in [-0.15, -0.1) is 0 Å². The fourth-order valence-corrected chi connectivity index (χ4v) is 6.23. The number of aromatic nitrogens is 1. The standard InChI is InChI=1S/C24H27N2OS2.HI/c1-6-25-19-10-8-16(3)12-21(19)28-23(25)14-18(27-5)15-24-26(7-2)20-11-9-17(4)13-22(20)29-24;/h8-15H,6-7H2,1-5H3;1H/q+1;/p-1. The molecule has 6 heteroatoms. The highest BCUT2D eigenvalue weighted by atomic mass is 127. The lowest BCUT2D eigenvalue weighted by atomic mass is 10.2. The number of aryl methyl sites for hydroxylation is 3. The zero-order valence-electron chi connectivity index (χ0n) is 18.0. The molecule has 0 amide bonds. The monoisotopic (exact) mass is 550 g/mol. The fraction of sp³-hybridized carbons (Fsp3) is 0.292. The van der Waals surface area contributed by atoms with E-state index in [4.69, 9.17) is 4.74 Å². The smallest absolute Gasteiger partial charge is 0.266 e. The summed E-state index contributed by atoms with van der Waals surface area (Å²) in [6.45, 7) is 10.5. The second kappa shape index (κ2) is 9.75. The first-order valence-electron chi connectivity index (χ1n) is 10.0. The van der Waals surface area contributed by atoms with Gasteiger partial charge in [-0.05, 0) is 57.0 Å². The van der Waals surface area contributed by atoms with E-state index in [1.165, 1.54) is 42.0 Å². The predicted molar refractivity (Wildman–Crippen MR) is 126 cm³/mol. The molecule has 4 rings (SSSR count). The molecule has 1 aromatic heterocycles. The molecule has 0 spiro atoms. The van der Waals surface area contributed by atoms with Crippen molar-refractivity contribution in [1.29, 1.82) is 0 Å². The van der Waals surface area contributed by atoms with Gasteiger partial charge < -0.3 is 33.6 Å². The first kappa shape index (κ1) is 23.2. The Bertz CT molecular complexity index is 1130. The van der Waals surface area contributed by atoms with Crippen LogP contribution in [0.25, 0.3) is 16.3 Å². The Morgan fingerprint density at radius 1 is 1.10 bits per heavy atom. The second-order valence-electron chi connectivity index (χ2n) is 7.21. The molecule has 30 heavy (non-hydrogen) atoms. The summed E-state index contributed by atoms with van der Waals surface area (Å²) in [5.74, 6) is 0.876. The number of anilines is 1. The van der Waals surface area contributed by atoms with E-state index in [-0.39, 0.29) is 24.0 Å². The molecule has 2 aromatic carbocycles. The number of benzene rings is 2. The Morgan fingerprint density at radius 3 is 2.53 bits per heavy atom. The Morgan fingerprint density at radius 2 is 1.83 bits per heavy atom. The van der Waals surface area contributed by atoms with Crippen molar-refractivity contribution in [2.24, 2.45) is 0 Å². The van der Waals surface area contributed by atoms with Crippen molar-refractivity contribution >= 4 is 45.1 Å². The molecule has 0 atom stereocenters. The Hall–Kier alpha value is -1.51. The SMILES string of the molecule is CCN1C(=CC(=Cc2sc3cc(C)ccc3[n+]2CC)OC)Sc2cc(C)ccc21.[I-]. The maximum Gasteiger partial charge on any atom is 0.266 e. The molecule has 0 saturated heterocycles. The van der Waals surface area contributed by atoms with E-state index in [1.54, 1.807) is 7.11 Å². The number of nitrogens with zero attached hydrogens (tertiary/aromatic N) is 2. The number of hydrogen-bond acceptors (Lipinski definition) is 4. The molecule has 3 nitrogen and oxygen atoms in total. The molecule has 0 radical (unpaired) electrons. The number of ether oxygens (including phenoxy) is 1. The highest BCUT2D eigenvalue weighted by molar-refractivity contribution is 8.03. The lowest BCUT2D eigenvalue weighted by Crippen LogP contribution is -3.00. The van der Waals surface area contributed by atoms with Gasteiger partial charge in [0, 0.05) is 23.6 Å². The number of halogens is 1. The molecular formula is C24H27IN2OS2. The summed E-state index contributed by atoms with van der Waals surface area (Å²) < 4.78 is 9.46. The number of rotatable bonds is 5. The summed E-state index contributed by atoms with van der Waals surface area (Å²) >= 11 is 3.63. The molecule has 0 bridgehead atoms. The van der Waals surface area contributed by atoms with Crippen molar-refractivity contribution in [2.75, 3.05) is 18.6 Å². The maximum atomic E-state index is 5.79. The molecule has 2 heterocycles. The summed E-state index contributed by atoms with van der Waals surface area (Å²) in [4.78, 5) is 3.67. The molecule has 3 aromatic rings. The molecule has 1 aliphatic heterocycles. The van der Waals surface area contributed by atoms with Gasteiger partial charge in [0.25, 0.3) is 5.01 Å². The number of fused-ring (bicyclic) bond motifs is 2. The number of thioether (sulfide) groups is 1. The van der Waals surface area contributed by atoms with Gasteiger partial charge in [-0.3, -0.25) is 0 Å². The van der Waals surface area contributed by atoms with Crippen LogP contribution in [0.3, 0.4) is 0 Å².